The van der Waals surface area contributed by atoms with E-state index >= 15 is 0 Å². The number of methoxy groups -OCH3 is 1. The number of aromatic nitrogens is 3. The molecule has 0 saturated heterocycles. The maximum absolute atomic E-state index is 5.56. The van der Waals surface area contributed by atoms with Crippen LogP contribution in [0.2, 0.25) is 0 Å². The summed E-state index contributed by atoms with van der Waals surface area (Å²) >= 11 is 0. The van der Waals surface area contributed by atoms with Crippen LogP contribution in [0.5, 0.6) is 11.5 Å². The summed E-state index contributed by atoms with van der Waals surface area (Å²) in [7, 11) is 3.49. The van der Waals surface area contributed by atoms with Crippen molar-refractivity contribution in [1.82, 2.24) is 14.8 Å². The summed E-state index contributed by atoms with van der Waals surface area (Å²) in [6, 6.07) is 5.72. The third-order valence-electron chi connectivity index (χ3n) is 2.93. The van der Waals surface area contributed by atoms with E-state index in [1.54, 1.807) is 11.8 Å². The molecule has 1 aliphatic rings. The van der Waals surface area contributed by atoms with Crippen LogP contribution in [0.4, 0.5) is 0 Å². The molecule has 0 N–H and O–H groups in total. The Balaban J connectivity index is 1.95. The summed E-state index contributed by atoms with van der Waals surface area (Å²) in [6.45, 7) is 1.60. The Labute approximate surface area is 110 Å². The quantitative estimate of drug-likeness (QED) is 0.836. The molecule has 0 atom stereocenters. The first-order valence-electron chi connectivity index (χ1n) is 6.07. The Morgan fingerprint density at radius 1 is 1.26 bits per heavy atom. The molecule has 0 spiro atoms. The molecular weight excluding hydrogens is 246 g/mol. The van der Waals surface area contributed by atoms with Crippen molar-refractivity contribution >= 4 is 0 Å². The first-order chi connectivity index (χ1) is 9.28. The molecular formula is C13H15N3O3. The van der Waals surface area contributed by atoms with E-state index in [2.05, 4.69) is 10.1 Å². The molecule has 2 aromatic rings. The van der Waals surface area contributed by atoms with Gasteiger partial charge in [0.05, 0.1) is 0 Å². The Morgan fingerprint density at radius 2 is 2.05 bits per heavy atom. The van der Waals surface area contributed by atoms with E-state index in [0.717, 1.165) is 22.9 Å². The highest BCUT2D eigenvalue weighted by atomic mass is 16.6. The lowest BCUT2D eigenvalue weighted by Crippen LogP contribution is -2.15. The van der Waals surface area contributed by atoms with Gasteiger partial charge in [-0.1, -0.05) is 0 Å². The van der Waals surface area contributed by atoms with Gasteiger partial charge in [0.2, 0.25) is 0 Å². The van der Waals surface area contributed by atoms with Gasteiger partial charge in [0.25, 0.3) is 0 Å². The zero-order valence-electron chi connectivity index (χ0n) is 10.9. The summed E-state index contributed by atoms with van der Waals surface area (Å²) in [6.07, 6.45) is 0. The fourth-order valence-electron chi connectivity index (χ4n) is 1.98. The number of aryl methyl sites for hydroxylation is 1. The van der Waals surface area contributed by atoms with Crippen molar-refractivity contribution in [3.8, 4) is 22.9 Å². The van der Waals surface area contributed by atoms with Crippen LogP contribution in [-0.2, 0) is 18.4 Å². The average molecular weight is 261 g/mol. The maximum atomic E-state index is 5.56. The maximum Gasteiger partial charge on any atom is 0.181 e. The third-order valence-corrected chi connectivity index (χ3v) is 2.93. The molecule has 0 fully saturated rings. The van der Waals surface area contributed by atoms with Gasteiger partial charge in [-0.05, 0) is 18.2 Å². The molecule has 0 aliphatic carbocycles. The molecule has 0 amide bonds. The molecule has 0 saturated carbocycles. The SMILES string of the molecule is COCc1nc(-c2ccc3c(c2)OCCO3)nn1C. The van der Waals surface area contributed by atoms with Gasteiger partial charge in [-0.2, -0.15) is 5.10 Å². The fourth-order valence-corrected chi connectivity index (χ4v) is 1.98. The largest absolute Gasteiger partial charge is 0.486 e. The molecule has 2 heterocycles. The zero-order chi connectivity index (χ0) is 13.2. The monoisotopic (exact) mass is 261 g/mol. The van der Waals surface area contributed by atoms with Crippen LogP contribution in [-0.4, -0.2) is 35.1 Å². The summed E-state index contributed by atoms with van der Waals surface area (Å²) in [5.74, 6) is 2.95. The van der Waals surface area contributed by atoms with Crippen LogP contribution in [0.1, 0.15) is 5.82 Å². The molecule has 6 heteroatoms. The van der Waals surface area contributed by atoms with Crippen molar-refractivity contribution in [3.05, 3.63) is 24.0 Å². The second-order valence-electron chi connectivity index (χ2n) is 4.27. The van der Waals surface area contributed by atoms with Gasteiger partial charge < -0.3 is 14.2 Å². The summed E-state index contributed by atoms with van der Waals surface area (Å²) in [5, 5.41) is 4.38. The molecule has 1 aliphatic heterocycles. The predicted molar refractivity (Wildman–Crippen MR) is 68.1 cm³/mol. The van der Waals surface area contributed by atoms with E-state index in [0.29, 0.717) is 25.6 Å². The lowest BCUT2D eigenvalue weighted by atomic mass is 10.2. The number of benzene rings is 1. The first-order valence-corrected chi connectivity index (χ1v) is 6.07. The normalized spacial score (nSPS) is 13.6. The molecule has 19 heavy (non-hydrogen) atoms. The number of hydrogen-bond acceptors (Lipinski definition) is 5. The second kappa shape index (κ2) is 4.89. The van der Waals surface area contributed by atoms with Gasteiger partial charge >= 0.3 is 0 Å². The standard InChI is InChI=1S/C13H15N3O3/c1-16-12(8-17-2)14-13(15-16)9-3-4-10-11(7-9)19-6-5-18-10/h3-4,7H,5-6,8H2,1-2H3. The van der Waals surface area contributed by atoms with Crippen LogP contribution in [0, 0.1) is 0 Å². The minimum absolute atomic E-state index is 0.439. The summed E-state index contributed by atoms with van der Waals surface area (Å²) in [5.41, 5.74) is 0.905. The Hall–Kier alpha value is -2.08. The summed E-state index contributed by atoms with van der Waals surface area (Å²) < 4.78 is 17.8. The first kappa shape index (κ1) is 12.0. The highest BCUT2D eigenvalue weighted by Crippen LogP contribution is 2.33. The fraction of sp³-hybridized carbons (Fsp3) is 0.385. The van der Waals surface area contributed by atoms with E-state index in [4.69, 9.17) is 14.2 Å². The van der Waals surface area contributed by atoms with E-state index in [9.17, 15) is 0 Å². The molecule has 100 valence electrons. The number of hydrogen-bond donors (Lipinski definition) is 0. The van der Waals surface area contributed by atoms with E-state index in [1.165, 1.54) is 0 Å². The lowest BCUT2D eigenvalue weighted by Gasteiger charge is -2.18. The van der Waals surface area contributed by atoms with Crippen molar-refractivity contribution < 1.29 is 14.2 Å². The average Bonchev–Trinajstić information content (AvgIpc) is 2.80. The number of ether oxygens (including phenoxy) is 3. The van der Waals surface area contributed by atoms with Crippen molar-refractivity contribution in [1.29, 1.82) is 0 Å². The van der Waals surface area contributed by atoms with Crippen molar-refractivity contribution in [2.24, 2.45) is 7.05 Å². The van der Waals surface area contributed by atoms with Crippen LogP contribution in [0.15, 0.2) is 18.2 Å². The molecule has 0 unspecified atom stereocenters. The van der Waals surface area contributed by atoms with E-state index in [-0.39, 0.29) is 0 Å². The van der Waals surface area contributed by atoms with E-state index < -0.39 is 0 Å². The number of fused-ring (bicyclic) bond motifs is 1. The molecule has 3 rings (SSSR count). The van der Waals surface area contributed by atoms with Gasteiger partial charge in [-0.3, -0.25) is 4.68 Å². The van der Waals surface area contributed by atoms with Crippen LogP contribution in [0.3, 0.4) is 0 Å². The van der Waals surface area contributed by atoms with Gasteiger partial charge in [-0.15, -0.1) is 0 Å². The molecule has 1 aromatic heterocycles. The molecule has 0 bridgehead atoms. The van der Waals surface area contributed by atoms with Crippen molar-refractivity contribution in [2.75, 3.05) is 20.3 Å². The van der Waals surface area contributed by atoms with Gasteiger partial charge in [0, 0.05) is 19.7 Å². The van der Waals surface area contributed by atoms with Crippen LogP contribution >= 0.6 is 0 Å². The second-order valence-corrected chi connectivity index (χ2v) is 4.27. The van der Waals surface area contributed by atoms with Crippen molar-refractivity contribution in [3.63, 3.8) is 0 Å². The van der Waals surface area contributed by atoms with Gasteiger partial charge in [-0.25, -0.2) is 4.98 Å². The number of rotatable bonds is 3. The Morgan fingerprint density at radius 3 is 2.84 bits per heavy atom. The Kier molecular flexibility index (Phi) is 3.08. The highest BCUT2D eigenvalue weighted by Gasteiger charge is 2.15. The molecule has 1 aromatic carbocycles. The Bertz CT molecular complexity index is 595. The van der Waals surface area contributed by atoms with Crippen LogP contribution in [0.25, 0.3) is 11.4 Å². The summed E-state index contributed by atoms with van der Waals surface area (Å²) in [4.78, 5) is 4.45. The number of nitrogens with zero attached hydrogens (tertiary/aromatic N) is 3. The highest BCUT2D eigenvalue weighted by molar-refractivity contribution is 5.61. The predicted octanol–water partition coefficient (Wildman–Crippen LogP) is 1.40. The topological polar surface area (TPSA) is 58.4 Å². The minimum Gasteiger partial charge on any atom is -0.486 e. The van der Waals surface area contributed by atoms with Crippen molar-refractivity contribution in [2.45, 2.75) is 6.61 Å². The van der Waals surface area contributed by atoms with Gasteiger partial charge in [0.15, 0.2) is 23.1 Å². The lowest BCUT2D eigenvalue weighted by molar-refractivity contribution is 0.171. The zero-order valence-corrected chi connectivity index (χ0v) is 10.9. The van der Waals surface area contributed by atoms with E-state index in [1.807, 2.05) is 25.2 Å². The van der Waals surface area contributed by atoms with Gasteiger partial charge in [0.1, 0.15) is 19.8 Å². The van der Waals surface area contributed by atoms with Crippen LogP contribution < -0.4 is 9.47 Å². The smallest absolute Gasteiger partial charge is 0.181 e. The molecule has 6 nitrogen and oxygen atoms in total. The third kappa shape index (κ3) is 2.26. The molecule has 0 radical (unpaired) electrons. The minimum atomic E-state index is 0.439.